The standard InChI is InChI=1S/C56H36B2N4/c59-37-39-21-25-41(26-22-39)43-29-31-49-53(33-43)61(47-17-9-3-10-18-47)55-36-56-52(35-51(55)57(49)45-13-5-1-6-14-45)58(46-15-7-2-8-16-46)50-32-30-44(42-27-23-40(38-60)24-28-42)34-54(50)62(56)48-19-11-4-12-20-48/h1-36H. The summed E-state index contributed by atoms with van der Waals surface area (Å²) in [6.07, 6.45) is 0. The molecule has 0 saturated heterocycles. The molecule has 2 heterocycles. The number of rotatable bonds is 6. The van der Waals surface area contributed by atoms with Crippen LogP contribution in [0.25, 0.3) is 22.3 Å². The number of fused-ring (bicyclic) bond motifs is 4. The first-order valence-corrected chi connectivity index (χ1v) is 20.9. The van der Waals surface area contributed by atoms with Gasteiger partial charge in [-0.15, -0.1) is 0 Å². The number of hydrogen-bond acceptors (Lipinski definition) is 4. The maximum atomic E-state index is 9.57. The smallest absolute Gasteiger partial charge is 0.246 e. The number of nitriles is 2. The Morgan fingerprint density at radius 2 is 0.645 bits per heavy atom. The van der Waals surface area contributed by atoms with Gasteiger partial charge in [0.25, 0.3) is 0 Å². The van der Waals surface area contributed by atoms with Crippen molar-refractivity contribution in [2.24, 2.45) is 0 Å². The highest BCUT2D eigenvalue weighted by molar-refractivity contribution is 7.00. The summed E-state index contributed by atoms with van der Waals surface area (Å²) in [6.45, 7) is -0.105. The van der Waals surface area contributed by atoms with Crippen molar-refractivity contribution < 1.29 is 0 Å². The second kappa shape index (κ2) is 15.4. The summed E-state index contributed by atoms with van der Waals surface area (Å²) >= 11 is 0. The van der Waals surface area contributed by atoms with Crippen LogP contribution in [0.3, 0.4) is 0 Å². The van der Waals surface area contributed by atoms with Crippen LogP contribution < -0.4 is 42.6 Å². The molecule has 0 N–H and O–H groups in total. The molecule has 0 bridgehead atoms. The Morgan fingerprint density at radius 3 is 1.02 bits per heavy atom. The van der Waals surface area contributed by atoms with Crippen molar-refractivity contribution in [2.45, 2.75) is 0 Å². The van der Waals surface area contributed by atoms with E-state index in [-0.39, 0.29) is 13.4 Å². The third kappa shape index (κ3) is 6.26. The SMILES string of the molecule is N#Cc1ccc(-c2ccc3c(c2)N(c2ccccc2)c2cc4c(cc2B3c2ccccc2)B(c2ccccc2)c2ccc(-c3ccc(C#N)cc3)cc2N4c2ccccc2)cc1. The van der Waals surface area contributed by atoms with E-state index >= 15 is 0 Å². The van der Waals surface area contributed by atoms with Crippen LogP contribution in [0.1, 0.15) is 11.1 Å². The summed E-state index contributed by atoms with van der Waals surface area (Å²) < 4.78 is 0. The molecule has 2 aliphatic rings. The highest BCUT2D eigenvalue weighted by atomic mass is 15.2. The van der Waals surface area contributed by atoms with E-state index in [1.54, 1.807) is 0 Å². The molecule has 62 heavy (non-hydrogen) atoms. The predicted molar refractivity (Wildman–Crippen MR) is 258 cm³/mol. The molecule has 6 heteroatoms. The van der Waals surface area contributed by atoms with Crippen molar-refractivity contribution >= 4 is 80.3 Å². The topological polar surface area (TPSA) is 54.1 Å². The van der Waals surface area contributed by atoms with Crippen molar-refractivity contribution in [1.29, 1.82) is 10.5 Å². The van der Waals surface area contributed by atoms with Gasteiger partial charge in [-0.05, 0) is 111 Å². The Labute approximate surface area is 363 Å². The summed E-state index contributed by atoms with van der Waals surface area (Å²) in [5.41, 5.74) is 19.6. The van der Waals surface area contributed by atoms with Gasteiger partial charge in [0.05, 0.1) is 23.3 Å². The van der Waals surface area contributed by atoms with E-state index in [1.165, 1.54) is 32.8 Å². The molecular formula is C56H36B2N4. The Hall–Kier alpha value is -8.31. The van der Waals surface area contributed by atoms with E-state index in [4.69, 9.17) is 0 Å². The van der Waals surface area contributed by atoms with E-state index in [2.05, 4.69) is 192 Å². The van der Waals surface area contributed by atoms with E-state index < -0.39 is 0 Å². The second-order valence-electron chi connectivity index (χ2n) is 15.9. The number of nitrogens with zero attached hydrogens (tertiary/aromatic N) is 4. The monoisotopic (exact) mass is 786 g/mol. The molecule has 0 aliphatic carbocycles. The summed E-state index contributed by atoms with van der Waals surface area (Å²) in [6, 6.07) is 82.2. The lowest BCUT2D eigenvalue weighted by atomic mass is 9.31. The van der Waals surface area contributed by atoms with Crippen molar-refractivity contribution in [1.82, 2.24) is 0 Å². The van der Waals surface area contributed by atoms with Crippen LogP contribution in [-0.4, -0.2) is 13.4 Å². The third-order valence-corrected chi connectivity index (χ3v) is 12.4. The van der Waals surface area contributed by atoms with Gasteiger partial charge in [-0.2, -0.15) is 10.5 Å². The zero-order valence-electron chi connectivity index (χ0n) is 33.7. The minimum atomic E-state index is -0.0526. The fourth-order valence-corrected chi connectivity index (χ4v) is 9.57. The van der Waals surface area contributed by atoms with Crippen molar-refractivity contribution in [2.75, 3.05) is 9.80 Å². The normalized spacial score (nSPS) is 12.4. The van der Waals surface area contributed by atoms with Gasteiger partial charge in [-0.1, -0.05) is 163 Å². The first-order valence-electron chi connectivity index (χ1n) is 20.9. The summed E-state index contributed by atoms with van der Waals surface area (Å²) in [7, 11) is 0. The number of hydrogen-bond donors (Lipinski definition) is 0. The van der Waals surface area contributed by atoms with E-state index in [0.717, 1.165) is 56.4 Å². The summed E-state index contributed by atoms with van der Waals surface area (Å²) in [5.74, 6) is 0. The predicted octanol–water partition coefficient (Wildman–Crippen LogP) is 9.36. The zero-order valence-corrected chi connectivity index (χ0v) is 33.7. The maximum Gasteiger partial charge on any atom is 0.246 e. The lowest BCUT2D eigenvalue weighted by Crippen LogP contribution is -2.62. The van der Waals surface area contributed by atoms with Crippen LogP contribution in [0.15, 0.2) is 218 Å². The molecule has 0 atom stereocenters. The second-order valence-corrected chi connectivity index (χ2v) is 15.9. The van der Waals surface area contributed by atoms with Gasteiger partial charge in [0.15, 0.2) is 0 Å². The summed E-state index contributed by atoms with van der Waals surface area (Å²) in [4.78, 5) is 4.89. The Kier molecular flexibility index (Phi) is 9.11. The molecule has 0 unspecified atom stereocenters. The maximum absolute atomic E-state index is 9.57. The number of anilines is 6. The molecule has 0 aromatic heterocycles. The molecule has 4 nitrogen and oxygen atoms in total. The minimum absolute atomic E-state index is 0.0526. The van der Waals surface area contributed by atoms with Crippen molar-refractivity contribution in [3.63, 3.8) is 0 Å². The van der Waals surface area contributed by atoms with Crippen LogP contribution in [0, 0.1) is 22.7 Å². The van der Waals surface area contributed by atoms with E-state index in [0.29, 0.717) is 11.1 Å². The van der Waals surface area contributed by atoms with Gasteiger partial charge in [-0.3, -0.25) is 0 Å². The average molecular weight is 787 g/mol. The zero-order chi connectivity index (χ0) is 41.6. The van der Waals surface area contributed by atoms with Gasteiger partial charge < -0.3 is 9.80 Å². The van der Waals surface area contributed by atoms with E-state index in [9.17, 15) is 10.5 Å². The first-order chi connectivity index (χ1) is 30.7. The Bertz CT molecular complexity index is 2980. The molecular weight excluding hydrogens is 750 g/mol. The molecule has 0 radical (unpaired) electrons. The molecule has 11 rings (SSSR count). The highest BCUT2D eigenvalue weighted by Crippen LogP contribution is 2.43. The van der Waals surface area contributed by atoms with Gasteiger partial charge >= 0.3 is 0 Å². The highest BCUT2D eigenvalue weighted by Gasteiger charge is 2.41. The van der Waals surface area contributed by atoms with Crippen molar-refractivity contribution in [3.8, 4) is 34.4 Å². The summed E-state index contributed by atoms with van der Waals surface area (Å²) in [5, 5.41) is 19.1. The van der Waals surface area contributed by atoms with Gasteiger partial charge in [0.2, 0.25) is 13.4 Å². The molecule has 0 spiro atoms. The first kappa shape index (κ1) is 36.7. The molecule has 2 aliphatic heterocycles. The number of para-hydroxylation sites is 2. The van der Waals surface area contributed by atoms with Crippen LogP contribution in [0.4, 0.5) is 34.1 Å². The molecule has 0 amide bonds. The van der Waals surface area contributed by atoms with Crippen LogP contribution in [-0.2, 0) is 0 Å². The molecule has 9 aromatic carbocycles. The fourth-order valence-electron chi connectivity index (χ4n) is 9.57. The number of benzene rings is 9. The average Bonchev–Trinajstić information content (AvgIpc) is 3.35. The van der Waals surface area contributed by atoms with Gasteiger partial charge in [-0.25, -0.2) is 0 Å². The Morgan fingerprint density at radius 1 is 0.306 bits per heavy atom. The molecule has 0 saturated carbocycles. The molecule has 9 aromatic rings. The molecule has 286 valence electrons. The van der Waals surface area contributed by atoms with Gasteiger partial charge in [0.1, 0.15) is 0 Å². The van der Waals surface area contributed by atoms with Crippen molar-refractivity contribution in [3.05, 3.63) is 230 Å². The third-order valence-electron chi connectivity index (χ3n) is 12.4. The van der Waals surface area contributed by atoms with Crippen LogP contribution in [0.5, 0.6) is 0 Å². The van der Waals surface area contributed by atoms with Crippen LogP contribution >= 0.6 is 0 Å². The largest absolute Gasteiger partial charge is 0.311 e. The fraction of sp³-hybridized carbons (Fsp3) is 0. The quantitative estimate of drug-likeness (QED) is 0.158. The van der Waals surface area contributed by atoms with E-state index in [1.807, 2.05) is 48.5 Å². The minimum Gasteiger partial charge on any atom is -0.311 e. The lowest BCUT2D eigenvalue weighted by molar-refractivity contribution is 1.26. The Balaban J connectivity index is 1.21. The lowest BCUT2D eigenvalue weighted by Gasteiger charge is -2.42. The van der Waals surface area contributed by atoms with Gasteiger partial charge in [0, 0.05) is 34.1 Å². The van der Waals surface area contributed by atoms with Crippen LogP contribution in [0.2, 0.25) is 0 Å². The molecule has 0 fully saturated rings.